The van der Waals surface area contributed by atoms with E-state index in [2.05, 4.69) is 6.92 Å². The average Bonchev–Trinajstić information content (AvgIpc) is 2.87. The van der Waals surface area contributed by atoms with E-state index in [0.29, 0.717) is 31.2 Å². The van der Waals surface area contributed by atoms with E-state index in [4.69, 9.17) is 4.74 Å². The van der Waals surface area contributed by atoms with Crippen molar-refractivity contribution in [1.29, 1.82) is 0 Å². The summed E-state index contributed by atoms with van der Waals surface area (Å²) in [6, 6.07) is 3.42. The number of halogens is 6. The molecule has 2 nitrogen and oxygen atoms in total. The first-order valence-electron chi connectivity index (χ1n) is 13.5. The summed E-state index contributed by atoms with van der Waals surface area (Å²) in [4.78, 5) is 12.8. The molecule has 0 N–H and O–H groups in total. The van der Waals surface area contributed by atoms with Crippen LogP contribution in [0.15, 0.2) is 18.2 Å². The molecule has 0 aromatic heterocycles. The Bertz CT molecular complexity index is 1210. The van der Waals surface area contributed by atoms with Crippen LogP contribution in [-0.2, 0) is 9.53 Å². The maximum absolute atomic E-state index is 14.9. The van der Waals surface area contributed by atoms with E-state index in [1.807, 2.05) is 0 Å². The zero-order valence-electron chi connectivity index (χ0n) is 21.4. The van der Waals surface area contributed by atoms with Crippen LogP contribution in [0.4, 0.5) is 26.3 Å². The standard InChI is InChI=1S/C30H32F6O2/c1-2-3-4-18-5-11-23(12-6-18)38-29(37)20-9-7-19(8-10-20)21-15-22-17-25(31)24(13-14-30(34,35)36)28(33)27(22)26(32)16-21/h15-20,23H,2-12H2,1H3. The Hall–Kier alpha value is -2.69. The predicted molar refractivity (Wildman–Crippen MR) is 133 cm³/mol. The zero-order chi connectivity index (χ0) is 27.4. The van der Waals surface area contributed by atoms with Crippen molar-refractivity contribution in [3.8, 4) is 11.8 Å². The molecule has 0 radical (unpaired) electrons. The summed E-state index contributed by atoms with van der Waals surface area (Å²) in [5.41, 5.74) is -0.574. The van der Waals surface area contributed by atoms with Gasteiger partial charge in [-0.25, -0.2) is 13.2 Å². The molecule has 2 aliphatic rings. The number of fused-ring (bicyclic) bond motifs is 1. The third-order valence-electron chi connectivity index (χ3n) is 8.01. The summed E-state index contributed by atoms with van der Waals surface area (Å²) in [6.45, 7) is 2.19. The van der Waals surface area contributed by atoms with Crippen molar-refractivity contribution in [2.45, 2.75) is 95.8 Å². The van der Waals surface area contributed by atoms with Gasteiger partial charge in [0.1, 0.15) is 17.7 Å². The second kappa shape index (κ2) is 12.0. The Balaban J connectivity index is 1.39. The highest BCUT2D eigenvalue weighted by Crippen LogP contribution is 2.39. The van der Waals surface area contributed by atoms with Gasteiger partial charge in [0, 0.05) is 5.92 Å². The number of esters is 1. The Kier molecular flexibility index (Phi) is 8.95. The van der Waals surface area contributed by atoms with Crippen LogP contribution in [0.2, 0.25) is 0 Å². The zero-order valence-corrected chi connectivity index (χ0v) is 21.4. The Labute approximate surface area is 219 Å². The molecule has 206 valence electrons. The molecule has 0 amide bonds. The summed E-state index contributed by atoms with van der Waals surface area (Å²) in [6.07, 6.45) is 5.04. The largest absolute Gasteiger partial charge is 0.462 e. The molecular formula is C30H32F6O2. The first-order chi connectivity index (χ1) is 18.1. The fourth-order valence-electron chi connectivity index (χ4n) is 5.87. The number of rotatable bonds is 6. The number of carbonyl (C=O) groups is 1. The van der Waals surface area contributed by atoms with Crippen LogP contribution >= 0.6 is 0 Å². The lowest BCUT2D eigenvalue weighted by molar-refractivity contribution is -0.157. The van der Waals surface area contributed by atoms with E-state index in [1.165, 1.54) is 31.2 Å². The highest BCUT2D eigenvalue weighted by molar-refractivity contribution is 5.86. The first-order valence-corrected chi connectivity index (χ1v) is 13.5. The maximum atomic E-state index is 14.9. The monoisotopic (exact) mass is 538 g/mol. The summed E-state index contributed by atoms with van der Waals surface area (Å²) in [5.74, 6) is -1.24. The predicted octanol–water partition coefficient (Wildman–Crippen LogP) is 8.74. The van der Waals surface area contributed by atoms with E-state index in [1.54, 1.807) is 0 Å². The van der Waals surface area contributed by atoms with Crippen LogP contribution in [0.1, 0.15) is 94.6 Å². The molecule has 2 fully saturated rings. The van der Waals surface area contributed by atoms with Gasteiger partial charge in [0.15, 0.2) is 5.82 Å². The third-order valence-corrected chi connectivity index (χ3v) is 8.01. The molecule has 38 heavy (non-hydrogen) atoms. The summed E-state index contributed by atoms with van der Waals surface area (Å²) in [5, 5.41) is -0.674. The van der Waals surface area contributed by atoms with E-state index < -0.39 is 34.6 Å². The van der Waals surface area contributed by atoms with Gasteiger partial charge in [-0.3, -0.25) is 4.79 Å². The van der Waals surface area contributed by atoms with Gasteiger partial charge in [0.25, 0.3) is 0 Å². The quantitative estimate of drug-likeness (QED) is 0.209. The van der Waals surface area contributed by atoms with Crippen LogP contribution in [0.5, 0.6) is 0 Å². The molecule has 2 aliphatic carbocycles. The number of carbonyl (C=O) groups excluding carboxylic acids is 1. The van der Waals surface area contributed by atoms with Crippen molar-refractivity contribution in [2.24, 2.45) is 11.8 Å². The lowest BCUT2D eigenvalue weighted by Gasteiger charge is -2.32. The lowest BCUT2D eigenvalue weighted by atomic mass is 9.78. The van der Waals surface area contributed by atoms with Gasteiger partial charge >= 0.3 is 12.1 Å². The van der Waals surface area contributed by atoms with E-state index in [0.717, 1.165) is 49.7 Å². The van der Waals surface area contributed by atoms with E-state index in [9.17, 15) is 31.1 Å². The summed E-state index contributed by atoms with van der Waals surface area (Å²) >= 11 is 0. The molecule has 2 aromatic rings. The minimum atomic E-state index is -4.94. The molecular weight excluding hydrogens is 506 g/mol. The Morgan fingerprint density at radius 3 is 2.26 bits per heavy atom. The molecule has 0 aliphatic heterocycles. The van der Waals surface area contributed by atoms with Crippen molar-refractivity contribution in [3.05, 3.63) is 46.8 Å². The van der Waals surface area contributed by atoms with Gasteiger partial charge in [-0.2, -0.15) is 13.2 Å². The van der Waals surface area contributed by atoms with Crippen molar-refractivity contribution in [1.82, 2.24) is 0 Å². The van der Waals surface area contributed by atoms with Crippen LogP contribution in [0.25, 0.3) is 10.8 Å². The molecule has 0 bridgehead atoms. The van der Waals surface area contributed by atoms with Crippen molar-refractivity contribution < 1.29 is 35.9 Å². The third kappa shape index (κ3) is 6.84. The number of hydrogen-bond acceptors (Lipinski definition) is 2. The van der Waals surface area contributed by atoms with E-state index in [-0.39, 0.29) is 29.3 Å². The van der Waals surface area contributed by atoms with Crippen molar-refractivity contribution >= 4 is 16.7 Å². The van der Waals surface area contributed by atoms with E-state index >= 15 is 0 Å². The number of unbranched alkanes of at least 4 members (excludes halogenated alkanes) is 1. The molecule has 0 atom stereocenters. The Morgan fingerprint density at radius 2 is 1.63 bits per heavy atom. The van der Waals surface area contributed by atoms with Gasteiger partial charge in [-0.05, 0) is 86.3 Å². The molecule has 2 aromatic carbocycles. The highest BCUT2D eigenvalue weighted by atomic mass is 19.4. The number of alkyl halides is 3. The average molecular weight is 539 g/mol. The summed E-state index contributed by atoms with van der Waals surface area (Å²) in [7, 11) is 0. The minimum Gasteiger partial charge on any atom is -0.462 e. The molecule has 8 heteroatoms. The molecule has 0 heterocycles. The van der Waals surface area contributed by atoms with Crippen LogP contribution < -0.4 is 0 Å². The first kappa shape index (κ1) is 28.3. The van der Waals surface area contributed by atoms with Crippen LogP contribution in [-0.4, -0.2) is 18.2 Å². The molecule has 4 rings (SSSR count). The molecule has 0 spiro atoms. The highest BCUT2D eigenvalue weighted by Gasteiger charge is 2.32. The van der Waals surface area contributed by atoms with Gasteiger partial charge < -0.3 is 4.74 Å². The van der Waals surface area contributed by atoms with Gasteiger partial charge in [-0.1, -0.05) is 38.2 Å². The maximum Gasteiger partial charge on any atom is 0.458 e. The van der Waals surface area contributed by atoms with Crippen LogP contribution in [0, 0.1) is 41.1 Å². The second-order valence-corrected chi connectivity index (χ2v) is 10.7. The van der Waals surface area contributed by atoms with Gasteiger partial charge in [-0.15, -0.1) is 0 Å². The van der Waals surface area contributed by atoms with Crippen molar-refractivity contribution in [2.75, 3.05) is 0 Å². The number of ether oxygens (including phenoxy) is 1. The fourth-order valence-corrected chi connectivity index (χ4v) is 5.87. The fraction of sp³-hybridized carbons (Fsp3) is 0.567. The smallest absolute Gasteiger partial charge is 0.458 e. The number of benzene rings is 2. The Morgan fingerprint density at radius 1 is 0.947 bits per heavy atom. The molecule has 0 saturated heterocycles. The SMILES string of the molecule is CCCCC1CCC(OC(=O)C2CCC(c3cc(F)c4c(F)c(C#CC(F)(F)F)c(F)cc4c3)CC2)CC1. The molecule has 2 saturated carbocycles. The second-order valence-electron chi connectivity index (χ2n) is 10.7. The van der Waals surface area contributed by atoms with Crippen molar-refractivity contribution in [3.63, 3.8) is 0 Å². The van der Waals surface area contributed by atoms with Gasteiger partial charge in [0.05, 0.1) is 16.9 Å². The normalized spacial score (nSPS) is 24.1. The lowest BCUT2D eigenvalue weighted by Crippen LogP contribution is -2.30. The topological polar surface area (TPSA) is 26.3 Å². The summed E-state index contributed by atoms with van der Waals surface area (Å²) < 4.78 is 87.0. The minimum absolute atomic E-state index is 0.0248. The molecule has 0 unspecified atom stereocenters. The number of hydrogen-bond donors (Lipinski definition) is 0. The van der Waals surface area contributed by atoms with Gasteiger partial charge in [0.2, 0.25) is 0 Å². The van der Waals surface area contributed by atoms with Crippen LogP contribution in [0.3, 0.4) is 0 Å².